The van der Waals surface area contributed by atoms with Crippen molar-refractivity contribution in [1.82, 2.24) is 0 Å². The highest BCUT2D eigenvalue weighted by atomic mass is 16.8. The molecule has 96 valence electrons. The number of hydrogen-bond acceptors (Lipinski definition) is 4. The molecule has 0 heterocycles. The van der Waals surface area contributed by atoms with Gasteiger partial charge in [0.15, 0.2) is 0 Å². The lowest BCUT2D eigenvalue weighted by atomic mass is 10.0. The van der Waals surface area contributed by atoms with Crippen LogP contribution in [0.2, 0.25) is 0 Å². The van der Waals surface area contributed by atoms with Gasteiger partial charge in [0.2, 0.25) is 0 Å². The first-order chi connectivity index (χ1) is 8.01. The van der Waals surface area contributed by atoms with Gasteiger partial charge in [-0.15, -0.1) is 0 Å². The largest absolute Gasteiger partial charge is 0.733 e. The van der Waals surface area contributed by atoms with Crippen LogP contribution >= 0.6 is 0 Å². The third-order valence-electron chi connectivity index (χ3n) is 2.98. The van der Waals surface area contributed by atoms with Crippen molar-refractivity contribution in [3.05, 3.63) is 29.0 Å². The Bertz CT molecular complexity index is 360. The van der Waals surface area contributed by atoms with Crippen LogP contribution in [0.25, 0.3) is 0 Å². The van der Waals surface area contributed by atoms with Gasteiger partial charge in [0.1, 0.15) is 0 Å². The normalized spacial score (nSPS) is 10.8. The van der Waals surface area contributed by atoms with Gasteiger partial charge in [0, 0.05) is 13.1 Å². The highest BCUT2D eigenvalue weighted by molar-refractivity contribution is 5.71. The minimum Gasteiger partial charge on any atom is -0.733 e. The molecular weight excluding hydrogens is 216 g/mol. The number of rotatable bonds is 5. The van der Waals surface area contributed by atoms with E-state index in [-0.39, 0.29) is 5.23 Å². The molecule has 4 nitrogen and oxygen atoms in total. The first kappa shape index (κ1) is 13.8. The van der Waals surface area contributed by atoms with Crippen LogP contribution in [-0.2, 0) is 0 Å². The minimum absolute atomic E-state index is 0.0421. The van der Waals surface area contributed by atoms with Crippen molar-refractivity contribution in [1.29, 1.82) is 0 Å². The van der Waals surface area contributed by atoms with E-state index in [2.05, 4.69) is 13.8 Å². The molecule has 0 aliphatic heterocycles. The summed E-state index contributed by atoms with van der Waals surface area (Å²) in [7, 11) is 0. The molecule has 17 heavy (non-hydrogen) atoms. The summed E-state index contributed by atoms with van der Waals surface area (Å²) < 4.78 is 0. The Hall–Kier alpha value is -1.26. The summed E-state index contributed by atoms with van der Waals surface area (Å²) in [6.45, 7) is 9.77. The maximum absolute atomic E-state index is 11.2. The second-order valence-corrected chi connectivity index (χ2v) is 4.35. The molecule has 1 rings (SSSR count). The molecule has 0 unspecified atom stereocenters. The average molecular weight is 237 g/mol. The standard InChI is InChI=1S/C13H21N2O2/c1-5-14(6-2)12-8-7-11(10(3)4)9-13(12)15(16)17/h7-10,16H,5-6H2,1-4H3/q-1. The van der Waals surface area contributed by atoms with Crippen LogP contribution in [-0.4, -0.2) is 18.3 Å². The molecule has 0 fully saturated rings. The molecule has 0 spiro atoms. The van der Waals surface area contributed by atoms with Gasteiger partial charge in [-0.2, -0.15) is 0 Å². The zero-order valence-corrected chi connectivity index (χ0v) is 11.0. The van der Waals surface area contributed by atoms with Crippen LogP contribution in [0.4, 0.5) is 11.4 Å². The Labute approximate surface area is 103 Å². The van der Waals surface area contributed by atoms with Crippen LogP contribution in [0.5, 0.6) is 0 Å². The Morgan fingerprint density at radius 1 is 1.18 bits per heavy atom. The quantitative estimate of drug-likeness (QED) is 0.798. The van der Waals surface area contributed by atoms with Crippen LogP contribution < -0.4 is 10.1 Å². The molecule has 0 radical (unpaired) electrons. The van der Waals surface area contributed by atoms with E-state index in [0.29, 0.717) is 11.6 Å². The zero-order chi connectivity index (χ0) is 13.0. The van der Waals surface area contributed by atoms with Gasteiger partial charge >= 0.3 is 0 Å². The molecular formula is C13H21N2O2-. The average Bonchev–Trinajstić information content (AvgIpc) is 2.30. The van der Waals surface area contributed by atoms with Gasteiger partial charge in [-0.1, -0.05) is 19.9 Å². The summed E-state index contributed by atoms with van der Waals surface area (Å²) in [5, 5.41) is 20.4. The zero-order valence-electron chi connectivity index (χ0n) is 11.0. The number of anilines is 2. The first-order valence-corrected chi connectivity index (χ1v) is 6.06. The number of nitrogens with zero attached hydrogens (tertiary/aromatic N) is 2. The summed E-state index contributed by atoms with van der Waals surface area (Å²) >= 11 is 0. The van der Waals surface area contributed by atoms with E-state index in [1.54, 1.807) is 6.07 Å². The van der Waals surface area contributed by atoms with Gasteiger partial charge in [-0.25, -0.2) is 0 Å². The fraction of sp³-hybridized carbons (Fsp3) is 0.538. The lowest BCUT2D eigenvalue weighted by molar-refractivity contribution is 0.296. The summed E-state index contributed by atoms with van der Waals surface area (Å²) in [6.07, 6.45) is 0. The molecule has 0 saturated heterocycles. The Morgan fingerprint density at radius 3 is 2.18 bits per heavy atom. The van der Waals surface area contributed by atoms with E-state index in [4.69, 9.17) is 0 Å². The molecule has 0 saturated carbocycles. The number of benzene rings is 1. The second-order valence-electron chi connectivity index (χ2n) is 4.35. The van der Waals surface area contributed by atoms with Gasteiger partial charge in [0.05, 0.1) is 11.4 Å². The molecule has 0 bridgehead atoms. The molecule has 0 aliphatic rings. The van der Waals surface area contributed by atoms with Crippen LogP contribution in [0.3, 0.4) is 0 Å². The van der Waals surface area contributed by atoms with Gasteiger partial charge in [-0.05, 0) is 37.5 Å². The summed E-state index contributed by atoms with van der Waals surface area (Å²) in [6, 6.07) is 5.66. The fourth-order valence-corrected chi connectivity index (χ4v) is 1.88. The first-order valence-electron chi connectivity index (χ1n) is 6.06. The highest BCUT2D eigenvalue weighted by Crippen LogP contribution is 2.31. The number of hydrogen-bond donors (Lipinski definition) is 1. The third-order valence-corrected chi connectivity index (χ3v) is 2.98. The predicted molar refractivity (Wildman–Crippen MR) is 71.7 cm³/mol. The van der Waals surface area contributed by atoms with E-state index >= 15 is 0 Å². The fourth-order valence-electron chi connectivity index (χ4n) is 1.88. The SMILES string of the molecule is CCN(CC)c1ccc(C(C)C)cc1N([O-])O. The van der Waals surface area contributed by atoms with Crippen molar-refractivity contribution in [2.45, 2.75) is 33.6 Å². The molecule has 0 aromatic heterocycles. The second kappa shape index (κ2) is 5.89. The highest BCUT2D eigenvalue weighted by Gasteiger charge is 2.11. The molecule has 1 aromatic rings. The molecule has 0 aliphatic carbocycles. The lowest BCUT2D eigenvalue weighted by Gasteiger charge is -2.31. The van der Waals surface area contributed by atoms with Crippen LogP contribution in [0.1, 0.15) is 39.2 Å². The summed E-state index contributed by atoms with van der Waals surface area (Å²) in [4.78, 5) is 2.04. The van der Waals surface area contributed by atoms with E-state index in [0.717, 1.165) is 24.3 Å². The third kappa shape index (κ3) is 3.11. The van der Waals surface area contributed by atoms with Gasteiger partial charge < -0.3 is 15.3 Å². The van der Waals surface area contributed by atoms with Crippen molar-refractivity contribution < 1.29 is 5.21 Å². The van der Waals surface area contributed by atoms with Crippen molar-refractivity contribution in [2.75, 3.05) is 23.2 Å². The van der Waals surface area contributed by atoms with E-state index < -0.39 is 0 Å². The van der Waals surface area contributed by atoms with E-state index in [1.165, 1.54) is 0 Å². The van der Waals surface area contributed by atoms with Gasteiger partial charge in [0.25, 0.3) is 0 Å². The Balaban J connectivity index is 3.21. The topological polar surface area (TPSA) is 49.8 Å². The van der Waals surface area contributed by atoms with E-state index in [9.17, 15) is 10.4 Å². The predicted octanol–water partition coefficient (Wildman–Crippen LogP) is 3.35. The smallest absolute Gasteiger partial charge is 0.0745 e. The minimum atomic E-state index is -0.0421. The maximum Gasteiger partial charge on any atom is 0.0745 e. The lowest BCUT2D eigenvalue weighted by Crippen LogP contribution is -2.24. The van der Waals surface area contributed by atoms with Crippen LogP contribution in [0, 0.1) is 5.21 Å². The van der Waals surface area contributed by atoms with Crippen molar-refractivity contribution >= 4 is 11.4 Å². The molecule has 1 N–H and O–H groups in total. The summed E-state index contributed by atoms with van der Waals surface area (Å²) in [5.74, 6) is 0.333. The van der Waals surface area contributed by atoms with Crippen molar-refractivity contribution in [3.8, 4) is 0 Å². The van der Waals surface area contributed by atoms with Gasteiger partial charge in [-0.3, -0.25) is 5.21 Å². The summed E-state index contributed by atoms with van der Waals surface area (Å²) in [5.41, 5.74) is 2.14. The Kier molecular flexibility index (Phi) is 4.78. The molecule has 4 heteroatoms. The van der Waals surface area contributed by atoms with Crippen LogP contribution in [0.15, 0.2) is 18.2 Å². The maximum atomic E-state index is 11.2. The monoisotopic (exact) mass is 237 g/mol. The molecule has 1 aromatic carbocycles. The Morgan fingerprint density at radius 2 is 1.76 bits per heavy atom. The van der Waals surface area contributed by atoms with E-state index in [1.807, 2.05) is 30.9 Å². The van der Waals surface area contributed by atoms with Crippen molar-refractivity contribution in [2.24, 2.45) is 0 Å². The van der Waals surface area contributed by atoms with Crippen molar-refractivity contribution in [3.63, 3.8) is 0 Å². The molecule has 0 amide bonds. The molecule has 0 atom stereocenters.